The quantitative estimate of drug-likeness (QED) is 0.581. The van der Waals surface area contributed by atoms with Gasteiger partial charge in [-0.2, -0.15) is 0 Å². The molecule has 0 fully saturated rings. The van der Waals surface area contributed by atoms with E-state index in [1.54, 1.807) is 31.2 Å². The van der Waals surface area contributed by atoms with Crippen molar-refractivity contribution in [3.05, 3.63) is 66.2 Å². The highest BCUT2D eigenvalue weighted by Gasteiger charge is 2.28. The summed E-state index contributed by atoms with van der Waals surface area (Å²) < 4.78 is 4.91. The van der Waals surface area contributed by atoms with E-state index in [2.05, 4.69) is 36.6 Å². The summed E-state index contributed by atoms with van der Waals surface area (Å²) in [7, 11) is 0. The van der Waals surface area contributed by atoms with Crippen LogP contribution in [0.15, 0.2) is 60.7 Å². The third-order valence-electron chi connectivity index (χ3n) is 4.75. The minimum absolute atomic E-state index is 0.205. The van der Waals surface area contributed by atoms with E-state index in [4.69, 9.17) is 4.74 Å². The zero-order chi connectivity index (χ0) is 25.7. The average molecular weight is 470 g/mol. The van der Waals surface area contributed by atoms with E-state index < -0.39 is 12.2 Å². The Labute approximate surface area is 203 Å². The third kappa shape index (κ3) is 10.5. The van der Waals surface area contributed by atoms with E-state index in [-0.39, 0.29) is 23.3 Å². The third-order valence-corrected chi connectivity index (χ3v) is 4.75. The van der Waals surface area contributed by atoms with Gasteiger partial charge < -0.3 is 15.0 Å². The monoisotopic (exact) mass is 469 g/mol. The summed E-state index contributed by atoms with van der Waals surface area (Å²) in [4.78, 5) is 37.0. The van der Waals surface area contributed by atoms with Gasteiger partial charge in [0.05, 0.1) is 0 Å². The van der Waals surface area contributed by atoms with Crippen molar-refractivity contribution < 1.29 is 19.1 Å². The first kappa shape index (κ1) is 28.7. The zero-order valence-corrected chi connectivity index (χ0v) is 21.4. The molecule has 0 radical (unpaired) electrons. The Morgan fingerprint density at radius 2 is 1.44 bits per heavy atom. The van der Waals surface area contributed by atoms with Gasteiger partial charge in [-0.1, -0.05) is 69.3 Å². The molecule has 34 heavy (non-hydrogen) atoms. The molecule has 2 aromatic rings. The molecule has 0 spiro atoms. The molecule has 0 saturated heterocycles. The standard InChI is InChI=1S/C15H23NO.C12H16N2O3/c1-12(2)16(14(17)15(3,4)5)11-13-9-7-6-8-10-13;1-3-13-11(15)9(2)17-12(16)14-10-7-5-4-6-8-10/h6-10,12H,11H2,1-5H3;4-9H,3H2,1-2H3,(H,13,15)(H,14,16)/t;9-/m.0/s1. The Hall–Kier alpha value is -3.35. The molecule has 2 aromatic carbocycles. The van der Waals surface area contributed by atoms with Gasteiger partial charge in [-0.15, -0.1) is 0 Å². The molecule has 2 rings (SSSR count). The summed E-state index contributed by atoms with van der Waals surface area (Å²) in [5.41, 5.74) is 1.48. The highest BCUT2D eigenvalue weighted by molar-refractivity contribution is 5.88. The number of rotatable bonds is 7. The number of anilines is 1. The lowest BCUT2D eigenvalue weighted by molar-refractivity contribution is -0.142. The number of nitrogens with zero attached hydrogens (tertiary/aromatic N) is 1. The average Bonchev–Trinajstić information content (AvgIpc) is 2.78. The number of hydrogen-bond donors (Lipinski definition) is 2. The molecule has 0 unspecified atom stereocenters. The molecule has 2 N–H and O–H groups in total. The number of hydrogen-bond acceptors (Lipinski definition) is 4. The van der Waals surface area contributed by atoms with Crippen molar-refractivity contribution in [1.29, 1.82) is 0 Å². The molecule has 0 bridgehead atoms. The molecule has 0 aliphatic rings. The second kappa shape index (κ2) is 14.0. The maximum Gasteiger partial charge on any atom is 0.412 e. The topological polar surface area (TPSA) is 87.7 Å². The summed E-state index contributed by atoms with van der Waals surface area (Å²) in [6.45, 7) is 14.5. The molecule has 186 valence electrons. The Kier molecular flexibility index (Phi) is 11.8. The van der Waals surface area contributed by atoms with Crippen LogP contribution in [0.4, 0.5) is 10.5 Å². The molecular weight excluding hydrogens is 430 g/mol. The van der Waals surface area contributed by atoms with Crippen LogP contribution >= 0.6 is 0 Å². The largest absolute Gasteiger partial charge is 0.436 e. The second-order valence-corrected chi connectivity index (χ2v) is 9.20. The van der Waals surface area contributed by atoms with Gasteiger partial charge in [0.2, 0.25) is 5.91 Å². The SMILES string of the molecule is CC(C)N(Cc1ccccc1)C(=O)C(C)(C)C.CCNC(=O)[C@H](C)OC(=O)Nc1ccccc1. The van der Waals surface area contributed by atoms with Crippen LogP contribution in [0.3, 0.4) is 0 Å². The van der Waals surface area contributed by atoms with Crippen LogP contribution in [0.2, 0.25) is 0 Å². The van der Waals surface area contributed by atoms with Crippen molar-refractivity contribution in [2.45, 2.75) is 67.2 Å². The van der Waals surface area contributed by atoms with Crippen molar-refractivity contribution in [3.63, 3.8) is 0 Å². The summed E-state index contributed by atoms with van der Waals surface area (Å²) in [6, 6.07) is 19.3. The van der Waals surface area contributed by atoms with E-state index in [0.717, 1.165) is 0 Å². The lowest BCUT2D eigenvalue weighted by atomic mass is 9.93. The van der Waals surface area contributed by atoms with Crippen LogP contribution in [-0.4, -0.2) is 41.5 Å². The Balaban J connectivity index is 0.000000340. The summed E-state index contributed by atoms with van der Waals surface area (Å²) in [5, 5.41) is 5.10. The first-order chi connectivity index (χ1) is 16.0. The molecular formula is C27H39N3O4. The molecule has 0 aliphatic carbocycles. The van der Waals surface area contributed by atoms with E-state index in [1.807, 2.05) is 49.9 Å². The highest BCUT2D eigenvalue weighted by atomic mass is 16.6. The van der Waals surface area contributed by atoms with Crippen LogP contribution in [0.5, 0.6) is 0 Å². The number of benzene rings is 2. The molecule has 0 aromatic heterocycles. The van der Waals surface area contributed by atoms with Gasteiger partial charge in [0.15, 0.2) is 6.10 Å². The number of para-hydroxylation sites is 1. The van der Waals surface area contributed by atoms with Crippen LogP contribution in [0, 0.1) is 5.41 Å². The summed E-state index contributed by atoms with van der Waals surface area (Å²) in [6.07, 6.45) is -1.45. The van der Waals surface area contributed by atoms with E-state index in [9.17, 15) is 14.4 Å². The molecule has 1 atom stereocenters. The van der Waals surface area contributed by atoms with Crippen molar-refractivity contribution in [2.24, 2.45) is 5.41 Å². The maximum atomic E-state index is 12.3. The van der Waals surface area contributed by atoms with Crippen LogP contribution in [0.1, 0.15) is 54.0 Å². The van der Waals surface area contributed by atoms with Crippen LogP contribution in [-0.2, 0) is 20.9 Å². The Bertz CT molecular complexity index is 893. The number of carbonyl (C=O) groups is 3. The van der Waals surface area contributed by atoms with Crippen LogP contribution in [0.25, 0.3) is 0 Å². The predicted molar refractivity (Wildman–Crippen MR) is 136 cm³/mol. The number of ether oxygens (including phenoxy) is 1. The second-order valence-electron chi connectivity index (χ2n) is 9.20. The fourth-order valence-corrected chi connectivity index (χ4v) is 2.90. The minimum Gasteiger partial charge on any atom is -0.436 e. The van der Waals surface area contributed by atoms with Gasteiger partial charge in [-0.25, -0.2) is 4.79 Å². The minimum atomic E-state index is -0.807. The molecule has 0 saturated carbocycles. The molecule has 0 aliphatic heterocycles. The lowest BCUT2D eigenvalue weighted by Gasteiger charge is -2.32. The van der Waals surface area contributed by atoms with E-state index in [0.29, 0.717) is 18.8 Å². The van der Waals surface area contributed by atoms with Crippen molar-refractivity contribution in [1.82, 2.24) is 10.2 Å². The van der Waals surface area contributed by atoms with Gasteiger partial charge >= 0.3 is 6.09 Å². The lowest BCUT2D eigenvalue weighted by Crippen LogP contribution is -2.43. The number of carbonyl (C=O) groups excluding carboxylic acids is 3. The van der Waals surface area contributed by atoms with Crippen molar-refractivity contribution in [2.75, 3.05) is 11.9 Å². The first-order valence-electron chi connectivity index (χ1n) is 11.6. The summed E-state index contributed by atoms with van der Waals surface area (Å²) in [5.74, 6) is -0.105. The molecule has 3 amide bonds. The highest BCUT2D eigenvalue weighted by Crippen LogP contribution is 2.21. The van der Waals surface area contributed by atoms with Gasteiger partial charge in [-0.05, 0) is 45.4 Å². The first-order valence-corrected chi connectivity index (χ1v) is 11.6. The fourth-order valence-electron chi connectivity index (χ4n) is 2.90. The maximum absolute atomic E-state index is 12.3. The van der Waals surface area contributed by atoms with Gasteiger partial charge in [0, 0.05) is 30.2 Å². The van der Waals surface area contributed by atoms with Gasteiger partial charge in [0.1, 0.15) is 0 Å². The predicted octanol–water partition coefficient (Wildman–Crippen LogP) is 5.23. The van der Waals surface area contributed by atoms with Crippen molar-refractivity contribution >= 4 is 23.6 Å². The number of likely N-dealkylation sites (N-methyl/N-ethyl adjacent to an activating group) is 1. The fraction of sp³-hybridized carbons (Fsp3) is 0.444. The zero-order valence-electron chi connectivity index (χ0n) is 21.4. The summed E-state index contributed by atoms with van der Waals surface area (Å²) >= 11 is 0. The van der Waals surface area contributed by atoms with Gasteiger partial charge in [-0.3, -0.25) is 14.9 Å². The number of amides is 3. The molecule has 7 nitrogen and oxygen atoms in total. The number of nitrogens with one attached hydrogen (secondary N) is 2. The van der Waals surface area contributed by atoms with Gasteiger partial charge in [0.25, 0.3) is 5.91 Å². The van der Waals surface area contributed by atoms with Crippen molar-refractivity contribution in [3.8, 4) is 0 Å². The Morgan fingerprint density at radius 3 is 1.91 bits per heavy atom. The van der Waals surface area contributed by atoms with E-state index in [1.165, 1.54) is 12.5 Å². The van der Waals surface area contributed by atoms with E-state index >= 15 is 0 Å². The Morgan fingerprint density at radius 1 is 0.912 bits per heavy atom. The normalized spacial score (nSPS) is 11.5. The molecule has 7 heteroatoms. The molecule has 0 heterocycles. The van der Waals surface area contributed by atoms with Crippen LogP contribution < -0.4 is 10.6 Å². The smallest absolute Gasteiger partial charge is 0.412 e.